The van der Waals surface area contributed by atoms with Crippen LogP contribution >= 0.6 is 0 Å². The molecular formula is C14H14N2O3. The molecule has 2 fully saturated rings. The first-order valence-corrected chi connectivity index (χ1v) is 6.58. The molecule has 3 heterocycles. The van der Waals surface area contributed by atoms with Crippen molar-refractivity contribution >= 4 is 17.0 Å². The van der Waals surface area contributed by atoms with Gasteiger partial charge in [0.05, 0.1) is 35.7 Å². The van der Waals surface area contributed by atoms with E-state index in [1.807, 2.05) is 6.07 Å². The zero-order valence-corrected chi connectivity index (χ0v) is 10.3. The monoisotopic (exact) mass is 258 g/mol. The molecule has 2 aromatic rings. The predicted octanol–water partition coefficient (Wildman–Crippen LogP) is 2.23. The SMILES string of the molecule is O=C(O)c1cccc2c1ncn2C1CC2CCC1O2. The van der Waals surface area contributed by atoms with E-state index in [-0.39, 0.29) is 11.7 Å². The van der Waals surface area contributed by atoms with Crippen molar-refractivity contribution in [2.24, 2.45) is 0 Å². The van der Waals surface area contributed by atoms with Crippen LogP contribution in [0.3, 0.4) is 0 Å². The van der Waals surface area contributed by atoms with Crippen LogP contribution in [0.1, 0.15) is 35.7 Å². The summed E-state index contributed by atoms with van der Waals surface area (Å²) in [5.74, 6) is -0.931. The summed E-state index contributed by atoms with van der Waals surface area (Å²) in [6, 6.07) is 5.60. The number of hydrogen-bond donors (Lipinski definition) is 1. The van der Waals surface area contributed by atoms with Crippen LogP contribution in [-0.4, -0.2) is 32.8 Å². The lowest BCUT2D eigenvalue weighted by Gasteiger charge is -2.20. The number of fused-ring (bicyclic) bond motifs is 3. The molecule has 2 aliphatic heterocycles. The summed E-state index contributed by atoms with van der Waals surface area (Å²) in [5.41, 5.74) is 1.72. The largest absolute Gasteiger partial charge is 0.478 e. The first-order chi connectivity index (χ1) is 9.24. The fourth-order valence-electron chi connectivity index (χ4n) is 3.40. The molecule has 19 heavy (non-hydrogen) atoms. The van der Waals surface area contributed by atoms with Gasteiger partial charge in [0.15, 0.2) is 0 Å². The Morgan fingerprint density at radius 1 is 1.42 bits per heavy atom. The number of para-hydroxylation sites is 1. The van der Waals surface area contributed by atoms with E-state index in [1.54, 1.807) is 18.5 Å². The molecule has 4 rings (SSSR count). The van der Waals surface area contributed by atoms with Gasteiger partial charge in [0, 0.05) is 0 Å². The Hall–Kier alpha value is -1.88. The van der Waals surface area contributed by atoms with Gasteiger partial charge in [-0.25, -0.2) is 9.78 Å². The first-order valence-electron chi connectivity index (χ1n) is 6.58. The number of aromatic nitrogens is 2. The third-order valence-electron chi connectivity index (χ3n) is 4.27. The summed E-state index contributed by atoms with van der Waals surface area (Å²) in [4.78, 5) is 15.5. The van der Waals surface area contributed by atoms with Gasteiger partial charge in [-0.3, -0.25) is 0 Å². The van der Waals surface area contributed by atoms with Gasteiger partial charge in [0.2, 0.25) is 0 Å². The molecule has 1 N–H and O–H groups in total. The lowest BCUT2D eigenvalue weighted by atomic mass is 9.95. The summed E-state index contributed by atoms with van der Waals surface area (Å²) in [5, 5.41) is 9.19. The molecule has 98 valence electrons. The standard InChI is InChI=1S/C14H14N2O3/c17-14(18)9-2-1-3-10-13(9)15-7-16(10)11-6-8-4-5-12(11)19-8/h1-3,7-8,11-12H,4-6H2,(H,17,18). The number of hydrogen-bond acceptors (Lipinski definition) is 3. The Balaban J connectivity index is 1.84. The Bertz CT molecular complexity index is 664. The van der Waals surface area contributed by atoms with Crippen LogP contribution in [0.2, 0.25) is 0 Å². The fraction of sp³-hybridized carbons (Fsp3) is 0.429. The average molecular weight is 258 g/mol. The third-order valence-corrected chi connectivity index (χ3v) is 4.27. The van der Waals surface area contributed by atoms with Crippen LogP contribution in [0.4, 0.5) is 0 Å². The maximum absolute atomic E-state index is 11.2. The van der Waals surface area contributed by atoms with Crippen LogP contribution in [0.25, 0.3) is 11.0 Å². The van der Waals surface area contributed by atoms with Crippen LogP contribution < -0.4 is 0 Å². The Morgan fingerprint density at radius 2 is 2.32 bits per heavy atom. The number of carbonyl (C=O) groups is 1. The second kappa shape index (κ2) is 3.81. The molecule has 5 nitrogen and oxygen atoms in total. The molecule has 0 aliphatic carbocycles. The van der Waals surface area contributed by atoms with Crippen molar-refractivity contribution in [3.05, 3.63) is 30.1 Å². The van der Waals surface area contributed by atoms with Gasteiger partial charge in [0.25, 0.3) is 0 Å². The van der Waals surface area contributed by atoms with E-state index < -0.39 is 5.97 Å². The molecule has 2 saturated heterocycles. The maximum atomic E-state index is 11.2. The number of aromatic carboxylic acids is 1. The molecule has 2 bridgehead atoms. The summed E-state index contributed by atoms with van der Waals surface area (Å²) in [6.45, 7) is 0. The van der Waals surface area contributed by atoms with Crippen molar-refractivity contribution in [2.75, 3.05) is 0 Å². The third kappa shape index (κ3) is 1.51. The van der Waals surface area contributed by atoms with Crippen molar-refractivity contribution in [1.29, 1.82) is 0 Å². The Labute approximate surface area is 109 Å². The molecule has 5 heteroatoms. The van der Waals surface area contributed by atoms with E-state index in [1.165, 1.54) is 0 Å². The quantitative estimate of drug-likeness (QED) is 0.897. The Morgan fingerprint density at radius 3 is 3.00 bits per heavy atom. The van der Waals surface area contributed by atoms with Gasteiger partial charge in [-0.05, 0) is 31.4 Å². The number of carboxylic acid groups (broad SMARTS) is 1. The van der Waals surface area contributed by atoms with Gasteiger partial charge in [-0.1, -0.05) is 6.07 Å². The van der Waals surface area contributed by atoms with Crippen LogP contribution in [0.5, 0.6) is 0 Å². The van der Waals surface area contributed by atoms with E-state index in [0.717, 1.165) is 24.8 Å². The van der Waals surface area contributed by atoms with Gasteiger partial charge in [-0.2, -0.15) is 0 Å². The first kappa shape index (κ1) is 11.0. The minimum Gasteiger partial charge on any atom is -0.478 e. The number of carboxylic acids is 1. The van der Waals surface area contributed by atoms with Crippen LogP contribution in [0, 0.1) is 0 Å². The molecule has 1 aromatic heterocycles. The molecule has 3 atom stereocenters. The molecule has 2 aliphatic rings. The molecule has 0 spiro atoms. The van der Waals surface area contributed by atoms with Crippen molar-refractivity contribution in [3.8, 4) is 0 Å². The highest BCUT2D eigenvalue weighted by atomic mass is 16.5. The van der Waals surface area contributed by atoms with Crippen molar-refractivity contribution < 1.29 is 14.6 Å². The summed E-state index contributed by atoms with van der Waals surface area (Å²) < 4.78 is 7.96. The van der Waals surface area contributed by atoms with Gasteiger partial charge < -0.3 is 14.4 Å². The summed E-state index contributed by atoms with van der Waals surface area (Å²) >= 11 is 0. The zero-order chi connectivity index (χ0) is 13.0. The molecule has 0 amide bonds. The van der Waals surface area contributed by atoms with E-state index in [2.05, 4.69) is 9.55 Å². The highest BCUT2D eigenvalue weighted by Gasteiger charge is 2.42. The molecule has 3 unspecified atom stereocenters. The smallest absolute Gasteiger partial charge is 0.337 e. The van der Waals surface area contributed by atoms with Crippen molar-refractivity contribution in [3.63, 3.8) is 0 Å². The number of nitrogens with zero attached hydrogens (tertiary/aromatic N) is 2. The van der Waals surface area contributed by atoms with E-state index >= 15 is 0 Å². The second-order valence-corrected chi connectivity index (χ2v) is 5.31. The summed E-state index contributed by atoms with van der Waals surface area (Å²) in [7, 11) is 0. The van der Waals surface area contributed by atoms with Crippen LogP contribution in [-0.2, 0) is 4.74 Å². The summed E-state index contributed by atoms with van der Waals surface area (Å²) in [6.07, 6.45) is 5.63. The maximum Gasteiger partial charge on any atom is 0.337 e. The second-order valence-electron chi connectivity index (χ2n) is 5.31. The van der Waals surface area contributed by atoms with E-state index in [4.69, 9.17) is 4.74 Å². The van der Waals surface area contributed by atoms with Crippen molar-refractivity contribution in [1.82, 2.24) is 9.55 Å². The predicted molar refractivity (Wildman–Crippen MR) is 68.2 cm³/mol. The van der Waals surface area contributed by atoms with E-state index in [9.17, 15) is 9.90 Å². The molecule has 0 saturated carbocycles. The van der Waals surface area contributed by atoms with E-state index in [0.29, 0.717) is 17.7 Å². The molecule has 0 radical (unpaired) electrons. The average Bonchev–Trinajstić information content (AvgIpc) is 3.11. The zero-order valence-electron chi connectivity index (χ0n) is 10.3. The lowest BCUT2D eigenvalue weighted by Crippen LogP contribution is -2.20. The topological polar surface area (TPSA) is 64.3 Å². The van der Waals surface area contributed by atoms with Crippen molar-refractivity contribution in [2.45, 2.75) is 37.5 Å². The molecular weight excluding hydrogens is 244 g/mol. The number of rotatable bonds is 2. The fourth-order valence-corrected chi connectivity index (χ4v) is 3.40. The highest BCUT2D eigenvalue weighted by molar-refractivity contribution is 6.00. The van der Waals surface area contributed by atoms with Crippen LogP contribution in [0.15, 0.2) is 24.5 Å². The molecule has 1 aromatic carbocycles. The minimum absolute atomic E-state index is 0.260. The number of benzene rings is 1. The normalized spacial score (nSPS) is 29.2. The number of ether oxygens (including phenoxy) is 1. The van der Waals surface area contributed by atoms with Gasteiger partial charge in [-0.15, -0.1) is 0 Å². The number of imidazole rings is 1. The minimum atomic E-state index is -0.931. The van der Waals surface area contributed by atoms with Gasteiger partial charge in [0.1, 0.15) is 5.52 Å². The lowest BCUT2D eigenvalue weighted by molar-refractivity contribution is 0.0699. The van der Waals surface area contributed by atoms with Gasteiger partial charge >= 0.3 is 5.97 Å². The highest BCUT2D eigenvalue weighted by Crippen LogP contribution is 2.42. The Kier molecular flexibility index (Phi) is 2.20.